The molecule has 0 amide bonds. The lowest BCUT2D eigenvalue weighted by molar-refractivity contribution is 0.0695. The lowest BCUT2D eigenvalue weighted by atomic mass is 10.1. The van der Waals surface area contributed by atoms with E-state index in [0.717, 1.165) is 16.8 Å². The molecule has 0 aliphatic carbocycles. The normalized spacial score (nSPS) is 10.3. The number of carboxylic acid groups (broad SMARTS) is 1. The second-order valence-corrected chi connectivity index (χ2v) is 3.98. The highest BCUT2D eigenvalue weighted by Crippen LogP contribution is 2.13. The molecule has 0 atom stereocenters. The number of nitrogens with zero attached hydrogens (tertiary/aromatic N) is 2. The van der Waals surface area contributed by atoms with E-state index in [1.807, 2.05) is 0 Å². The molecule has 1 aromatic carbocycles. The molecule has 0 saturated carbocycles. The first-order valence-corrected chi connectivity index (χ1v) is 5.65. The van der Waals surface area contributed by atoms with Crippen LogP contribution in [0.25, 0.3) is 0 Å². The molecule has 1 heterocycles. The molecule has 0 radical (unpaired) electrons. The highest BCUT2D eigenvalue weighted by molar-refractivity contribution is 5.89. The third kappa shape index (κ3) is 2.82. The molecule has 7 heteroatoms. The van der Waals surface area contributed by atoms with E-state index < -0.39 is 17.3 Å². The van der Waals surface area contributed by atoms with Gasteiger partial charge in [-0.15, -0.1) is 5.10 Å². The minimum atomic E-state index is -1.27. The van der Waals surface area contributed by atoms with Gasteiger partial charge >= 0.3 is 5.97 Å². The van der Waals surface area contributed by atoms with Crippen LogP contribution in [-0.4, -0.2) is 28.0 Å². The van der Waals surface area contributed by atoms with E-state index in [0.29, 0.717) is 0 Å². The maximum absolute atomic E-state index is 13.1. The zero-order chi connectivity index (χ0) is 14.7. The Morgan fingerprint density at radius 2 is 2.15 bits per heavy atom. The van der Waals surface area contributed by atoms with E-state index in [2.05, 4.69) is 5.10 Å². The summed E-state index contributed by atoms with van der Waals surface area (Å²) in [6, 6.07) is 6.01. The van der Waals surface area contributed by atoms with Crippen LogP contribution in [0, 0.1) is 5.82 Å². The number of benzene rings is 1. The summed E-state index contributed by atoms with van der Waals surface area (Å²) in [6.45, 7) is -0.0854. The molecule has 0 spiro atoms. The van der Waals surface area contributed by atoms with Crippen LogP contribution in [0.15, 0.2) is 35.1 Å². The molecule has 20 heavy (non-hydrogen) atoms. The third-order valence-electron chi connectivity index (χ3n) is 2.67. The van der Waals surface area contributed by atoms with Crippen molar-refractivity contribution >= 4 is 5.97 Å². The van der Waals surface area contributed by atoms with Crippen molar-refractivity contribution in [3.05, 3.63) is 57.6 Å². The Morgan fingerprint density at radius 1 is 1.40 bits per heavy atom. The van der Waals surface area contributed by atoms with Gasteiger partial charge in [0.05, 0.1) is 19.2 Å². The number of halogens is 1. The zero-order valence-electron chi connectivity index (χ0n) is 10.5. The highest BCUT2D eigenvalue weighted by atomic mass is 19.1. The summed E-state index contributed by atoms with van der Waals surface area (Å²) in [7, 11) is 1.40. The Balaban J connectivity index is 2.44. The number of carbonyl (C=O) groups is 1. The molecule has 6 nitrogen and oxygen atoms in total. The molecule has 0 saturated heterocycles. The smallest absolute Gasteiger partial charge is 0.336 e. The second kappa shape index (κ2) is 5.52. The molecule has 0 aliphatic rings. The topological polar surface area (TPSA) is 81.4 Å². The molecule has 1 aromatic heterocycles. The Morgan fingerprint density at radius 3 is 2.80 bits per heavy atom. The van der Waals surface area contributed by atoms with Gasteiger partial charge in [0.25, 0.3) is 5.56 Å². The predicted molar refractivity (Wildman–Crippen MR) is 67.5 cm³/mol. The lowest BCUT2D eigenvalue weighted by Crippen LogP contribution is -2.23. The number of hydrogen-bond donors (Lipinski definition) is 1. The monoisotopic (exact) mass is 278 g/mol. The van der Waals surface area contributed by atoms with E-state index in [1.165, 1.54) is 25.3 Å². The Bertz CT molecular complexity index is 712. The van der Waals surface area contributed by atoms with Gasteiger partial charge in [0.1, 0.15) is 5.82 Å². The Hall–Kier alpha value is -2.70. The van der Waals surface area contributed by atoms with Gasteiger partial charge in [0.15, 0.2) is 0 Å². The fraction of sp³-hybridized carbons (Fsp3) is 0.154. The second-order valence-electron chi connectivity index (χ2n) is 3.98. The van der Waals surface area contributed by atoms with Crippen molar-refractivity contribution in [3.63, 3.8) is 0 Å². The highest BCUT2D eigenvalue weighted by Gasteiger charge is 2.13. The molecule has 2 aromatic rings. The molecule has 104 valence electrons. The summed E-state index contributed by atoms with van der Waals surface area (Å²) in [5.41, 5.74) is -0.338. The average molecular weight is 278 g/mol. The van der Waals surface area contributed by atoms with Crippen LogP contribution in [0.3, 0.4) is 0 Å². The van der Waals surface area contributed by atoms with E-state index in [9.17, 15) is 14.0 Å². The molecule has 0 bridgehead atoms. The summed E-state index contributed by atoms with van der Waals surface area (Å²) in [5.74, 6) is -1.70. The SMILES string of the molecule is COc1ccc(=O)n(Cc2ccc(F)cc2C(=O)O)n1. The zero-order valence-corrected chi connectivity index (χ0v) is 10.5. The Kier molecular flexibility index (Phi) is 3.79. The van der Waals surface area contributed by atoms with Gasteiger partial charge in [-0.1, -0.05) is 6.07 Å². The predicted octanol–water partition coefficient (Wildman–Crippen LogP) is 1.14. The number of rotatable bonds is 4. The van der Waals surface area contributed by atoms with Gasteiger partial charge in [-0.25, -0.2) is 13.9 Å². The van der Waals surface area contributed by atoms with Crippen molar-refractivity contribution in [3.8, 4) is 5.88 Å². The first-order valence-electron chi connectivity index (χ1n) is 5.65. The van der Waals surface area contributed by atoms with Gasteiger partial charge in [-0.3, -0.25) is 4.79 Å². The number of aromatic nitrogens is 2. The van der Waals surface area contributed by atoms with Crippen molar-refractivity contribution in [1.29, 1.82) is 0 Å². The fourth-order valence-corrected chi connectivity index (χ4v) is 1.70. The summed E-state index contributed by atoms with van der Waals surface area (Å²) >= 11 is 0. The third-order valence-corrected chi connectivity index (χ3v) is 2.67. The van der Waals surface area contributed by atoms with Crippen LogP contribution in [0.1, 0.15) is 15.9 Å². The molecule has 2 rings (SSSR count). The van der Waals surface area contributed by atoms with Gasteiger partial charge in [-0.05, 0) is 17.7 Å². The molecule has 0 aliphatic heterocycles. The first kappa shape index (κ1) is 13.7. The van der Waals surface area contributed by atoms with Crippen LogP contribution in [0.4, 0.5) is 4.39 Å². The summed E-state index contributed by atoms with van der Waals surface area (Å²) < 4.78 is 19.0. The first-order chi connectivity index (χ1) is 9.51. The minimum Gasteiger partial charge on any atom is -0.480 e. The summed E-state index contributed by atoms with van der Waals surface area (Å²) in [4.78, 5) is 22.7. The molecule has 0 fully saturated rings. The van der Waals surface area contributed by atoms with Crippen LogP contribution >= 0.6 is 0 Å². The van der Waals surface area contributed by atoms with Crippen molar-refractivity contribution in [2.24, 2.45) is 0 Å². The van der Waals surface area contributed by atoms with Crippen molar-refractivity contribution in [1.82, 2.24) is 9.78 Å². The number of carboxylic acids is 1. The van der Waals surface area contributed by atoms with Crippen LogP contribution in [0.2, 0.25) is 0 Å². The van der Waals surface area contributed by atoms with Gasteiger partial charge < -0.3 is 9.84 Å². The van der Waals surface area contributed by atoms with Crippen LogP contribution < -0.4 is 10.3 Å². The summed E-state index contributed by atoms with van der Waals surface area (Å²) in [6.07, 6.45) is 0. The van der Waals surface area contributed by atoms with Gasteiger partial charge in [0.2, 0.25) is 5.88 Å². The fourth-order valence-electron chi connectivity index (χ4n) is 1.70. The quantitative estimate of drug-likeness (QED) is 0.906. The van der Waals surface area contributed by atoms with Gasteiger partial charge in [0, 0.05) is 12.1 Å². The van der Waals surface area contributed by atoms with E-state index in [-0.39, 0.29) is 23.6 Å². The standard InChI is InChI=1S/C13H11FN2O4/c1-20-11-4-5-12(17)16(15-11)7-8-2-3-9(14)6-10(8)13(18)19/h2-6H,7H2,1H3,(H,18,19). The van der Waals surface area contributed by atoms with E-state index in [1.54, 1.807) is 0 Å². The largest absolute Gasteiger partial charge is 0.480 e. The van der Waals surface area contributed by atoms with Crippen LogP contribution in [0.5, 0.6) is 5.88 Å². The van der Waals surface area contributed by atoms with Crippen molar-refractivity contribution in [2.45, 2.75) is 6.54 Å². The Labute approximate surface area is 113 Å². The molecular formula is C13H11FN2O4. The maximum Gasteiger partial charge on any atom is 0.336 e. The molecular weight excluding hydrogens is 267 g/mol. The number of hydrogen-bond acceptors (Lipinski definition) is 4. The average Bonchev–Trinajstić information content (AvgIpc) is 2.42. The van der Waals surface area contributed by atoms with E-state index in [4.69, 9.17) is 9.84 Å². The van der Waals surface area contributed by atoms with Crippen molar-refractivity contribution < 1.29 is 19.0 Å². The summed E-state index contributed by atoms with van der Waals surface area (Å²) in [5, 5.41) is 12.9. The lowest BCUT2D eigenvalue weighted by Gasteiger charge is -2.09. The van der Waals surface area contributed by atoms with Crippen LogP contribution in [-0.2, 0) is 6.54 Å². The molecule has 0 unspecified atom stereocenters. The molecule has 1 N–H and O–H groups in total. The number of methoxy groups -OCH3 is 1. The van der Waals surface area contributed by atoms with Gasteiger partial charge in [-0.2, -0.15) is 0 Å². The van der Waals surface area contributed by atoms with Crippen molar-refractivity contribution in [2.75, 3.05) is 7.11 Å². The van der Waals surface area contributed by atoms with E-state index >= 15 is 0 Å². The minimum absolute atomic E-state index is 0.0854. The maximum atomic E-state index is 13.1. The number of ether oxygens (including phenoxy) is 1. The number of aromatic carboxylic acids is 1.